The zero-order valence-electron chi connectivity index (χ0n) is 13.3. The van der Waals surface area contributed by atoms with E-state index in [-0.39, 0.29) is 5.82 Å². The van der Waals surface area contributed by atoms with E-state index in [0.717, 1.165) is 38.3 Å². The van der Waals surface area contributed by atoms with Gasteiger partial charge in [0.15, 0.2) is 0 Å². The molecule has 1 fully saturated rings. The van der Waals surface area contributed by atoms with Crippen molar-refractivity contribution in [3.05, 3.63) is 47.4 Å². The molecule has 2 heterocycles. The molecule has 1 saturated heterocycles. The SMILES string of the molecule is Fc1ccc(OCCN2CCC(Nc3cccnn3)CC2)c(Cl)c1. The maximum Gasteiger partial charge on any atom is 0.148 e. The zero-order valence-corrected chi connectivity index (χ0v) is 14.0. The third-order valence-corrected chi connectivity index (χ3v) is 4.37. The molecule has 1 aliphatic rings. The Morgan fingerprint density at radius 1 is 1.29 bits per heavy atom. The predicted molar refractivity (Wildman–Crippen MR) is 92.0 cm³/mol. The summed E-state index contributed by atoms with van der Waals surface area (Å²) in [5.41, 5.74) is 0. The van der Waals surface area contributed by atoms with Crippen molar-refractivity contribution in [3.8, 4) is 5.75 Å². The lowest BCUT2D eigenvalue weighted by Gasteiger charge is -2.32. The summed E-state index contributed by atoms with van der Waals surface area (Å²) < 4.78 is 18.6. The van der Waals surface area contributed by atoms with Crippen LogP contribution in [0.5, 0.6) is 5.75 Å². The number of halogens is 2. The lowest BCUT2D eigenvalue weighted by atomic mass is 10.1. The van der Waals surface area contributed by atoms with E-state index in [1.54, 1.807) is 12.3 Å². The molecule has 1 N–H and O–H groups in total. The van der Waals surface area contributed by atoms with E-state index in [4.69, 9.17) is 16.3 Å². The van der Waals surface area contributed by atoms with E-state index in [2.05, 4.69) is 20.4 Å². The molecule has 0 atom stereocenters. The van der Waals surface area contributed by atoms with Crippen LogP contribution in [0.4, 0.5) is 10.2 Å². The number of ether oxygens (including phenoxy) is 1. The van der Waals surface area contributed by atoms with E-state index in [1.807, 2.05) is 12.1 Å². The van der Waals surface area contributed by atoms with Gasteiger partial charge in [0, 0.05) is 31.9 Å². The number of benzene rings is 1. The number of rotatable bonds is 6. The second-order valence-corrected chi connectivity index (χ2v) is 6.20. The standard InChI is InChI=1S/C17H20ClFN4O/c18-15-12-13(19)3-4-16(15)24-11-10-23-8-5-14(6-9-23)21-17-2-1-7-20-22-17/h1-4,7,12,14H,5-6,8-11H2,(H,21,22). The molecular weight excluding hydrogens is 331 g/mol. The van der Waals surface area contributed by atoms with Gasteiger partial charge in [-0.15, -0.1) is 5.10 Å². The highest BCUT2D eigenvalue weighted by atomic mass is 35.5. The van der Waals surface area contributed by atoms with E-state index in [0.29, 0.717) is 23.4 Å². The first-order valence-electron chi connectivity index (χ1n) is 8.05. The molecule has 7 heteroatoms. The van der Waals surface area contributed by atoms with Gasteiger partial charge in [0.2, 0.25) is 0 Å². The average Bonchev–Trinajstić information content (AvgIpc) is 2.59. The quantitative estimate of drug-likeness (QED) is 0.866. The van der Waals surface area contributed by atoms with Crippen LogP contribution in [0, 0.1) is 5.82 Å². The van der Waals surface area contributed by atoms with Crippen molar-refractivity contribution in [1.29, 1.82) is 0 Å². The molecular formula is C17H20ClFN4O. The highest BCUT2D eigenvalue weighted by molar-refractivity contribution is 6.32. The summed E-state index contributed by atoms with van der Waals surface area (Å²) >= 11 is 5.95. The van der Waals surface area contributed by atoms with Gasteiger partial charge in [-0.2, -0.15) is 5.10 Å². The van der Waals surface area contributed by atoms with E-state index < -0.39 is 0 Å². The molecule has 0 radical (unpaired) electrons. The second-order valence-electron chi connectivity index (χ2n) is 5.79. The normalized spacial score (nSPS) is 16.1. The van der Waals surface area contributed by atoms with Crippen LogP contribution in [0.2, 0.25) is 5.02 Å². The Hall–Kier alpha value is -1.92. The summed E-state index contributed by atoms with van der Waals surface area (Å²) in [5, 5.41) is 11.6. The summed E-state index contributed by atoms with van der Waals surface area (Å²) in [5.74, 6) is 0.993. The molecule has 128 valence electrons. The predicted octanol–water partition coefficient (Wildman–Crippen LogP) is 3.22. The number of hydrogen-bond acceptors (Lipinski definition) is 5. The zero-order chi connectivity index (χ0) is 16.8. The highest BCUT2D eigenvalue weighted by Crippen LogP contribution is 2.24. The molecule has 0 unspecified atom stereocenters. The molecule has 0 spiro atoms. The largest absolute Gasteiger partial charge is 0.491 e. The molecule has 1 aliphatic heterocycles. The maximum absolute atomic E-state index is 13.0. The first-order chi connectivity index (χ1) is 11.7. The molecule has 0 saturated carbocycles. The Morgan fingerprint density at radius 2 is 2.12 bits per heavy atom. The van der Waals surface area contributed by atoms with Gasteiger partial charge in [0.1, 0.15) is 24.0 Å². The topological polar surface area (TPSA) is 50.3 Å². The van der Waals surface area contributed by atoms with Gasteiger partial charge < -0.3 is 10.1 Å². The molecule has 1 aromatic carbocycles. The van der Waals surface area contributed by atoms with Gasteiger partial charge in [0.25, 0.3) is 0 Å². The first kappa shape index (κ1) is 16.9. The van der Waals surface area contributed by atoms with Gasteiger partial charge in [-0.05, 0) is 43.2 Å². The summed E-state index contributed by atoms with van der Waals surface area (Å²) in [4.78, 5) is 2.35. The van der Waals surface area contributed by atoms with Crippen molar-refractivity contribution in [1.82, 2.24) is 15.1 Å². The van der Waals surface area contributed by atoms with Crippen molar-refractivity contribution in [2.24, 2.45) is 0 Å². The van der Waals surface area contributed by atoms with Gasteiger partial charge in [-0.3, -0.25) is 4.90 Å². The number of aromatic nitrogens is 2. The van der Waals surface area contributed by atoms with E-state index >= 15 is 0 Å². The lowest BCUT2D eigenvalue weighted by molar-refractivity contribution is 0.177. The van der Waals surface area contributed by atoms with Crippen LogP contribution in [-0.4, -0.2) is 47.4 Å². The Morgan fingerprint density at radius 3 is 2.83 bits per heavy atom. The van der Waals surface area contributed by atoms with Gasteiger partial charge in [-0.1, -0.05) is 11.6 Å². The number of nitrogens with zero attached hydrogens (tertiary/aromatic N) is 3. The molecule has 0 bridgehead atoms. The van der Waals surface area contributed by atoms with Crippen LogP contribution in [0.1, 0.15) is 12.8 Å². The van der Waals surface area contributed by atoms with Crippen LogP contribution in [0.3, 0.4) is 0 Å². The highest BCUT2D eigenvalue weighted by Gasteiger charge is 2.19. The third-order valence-electron chi connectivity index (χ3n) is 4.07. The Balaban J connectivity index is 1.38. The Labute approximate surface area is 145 Å². The van der Waals surface area contributed by atoms with Gasteiger partial charge >= 0.3 is 0 Å². The summed E-state index contributed by atoms with van der Waals surface area (Å²) in [6.07, 6.45) is 3.77. The number of nitrogens with one attached hydrogen (secondary N) is 1. The van der Waals surface area contributed by atoms with Crippen LogP contribution in [0.25, 0.3) is 0 Å². The monoisotopic (exact) mass is 350 g/mol. The lowest BCUT2D eigenvalue weighted by Crippen LogP contribution is -2.41. The van der Waals surface area contributed by atoms with Gasteiger partial charge in [0.05, 0.1) is 5.02 Å². The summed E-state index contributed by atoms with van der Waals surface area (Å²) in [6, 6.07) is 8.41. The third kappa shape index (κ3) is 4.79. The van der Waals surface area contributed by atoms with E-state index in [1.165, 1.54) is 12.1 Å². The van der Waals surface area contributed by atoms with Crippen molar-refractivity contribution < 1.29 is 9.13 Å². The fourth-order valence-corrected chi connectivity index (χ4v) is 2.99. The fourth-order valence-electron chi connectivity index (χ4n) is 2.77. The van der Waals surface area contributed by atoms with Crippen LogP contribution in [-0.2, 0) is 0 Å². The minimum Gasteiger partial charge on any atom is -0.491 e. The van der Waals surface area contributed by atoms with Crippen molar-refractivity contribution >= 4 is 17.4 Å². The van der Waals surface area contributed by atoms with Crippen molar-refractivity contribution in [3.63, 3.8) is 0 Å². The minimum atomic E-state index is -0.356. The van der Waals surface area contributed by atoms with E-state index in [9.17, 15) is 4.39 Å². The second kappa shape index (κ2) is 8.26. The van der Waals surface area contributed by atoms with Crippen molar-refractivity contribution in [2.75, 3.05) is 31.6 Å². The number of likely N-dealkylation sites (tertiary alicyclic amines) is 1. The maximum atomic E-state index is 13.0. The number of piperidine rings is 1. The fraction of sp³-hybridized carbons (Fsp3) is 0.412. The Bertz CT molecular complexity index is 650. The van der Waals surface area contributed by atoms with Gasteiger partial charge in [-0.25, -0.2) is 4.39 Å². The van der Waals surface area contributed by atoms with Crippen molar-refractivity contribution in [2.45, 2.75) is 18.9 Å². The number of anilines is 1. The molecule has 1 aromatic heterocycles. The smallest absolute Gasteiger partial charge is 0.148 e. The summed E-state index contributed by atoms with van der Waals surface area (Å²) in [7, 11) is 0. The van der Waals surface area contributed by atoms with Crippen LogP contribution >= 0.6 is 11.6 Å². The average molecular weight is 351 g/mol. The molecule has 0 aliphatic carbocycles. The molecule has 3 rings (SSSR count). The molecule has 2 aromatic rings. The molecule has 24 heavy (non-hydrogen) atoms. The minimum absolute atomic E-state index is 0.307. The first-order valence-corrected chi connectivity index (χ1v) is 8.43. The Kier molecular flexibility index (Phi) is 5.82. The molecule has 0 amide bonds. The number of hydrogen-bond donors (Lipinski definition) is 1. The van der Waals surface area contributed by atoms with Crippen LogP contribution < -0.4 is 10.1 Å². The van der Waals surface area contributed by atoms with Crippen LogP contribution in [0.15, 0.2) is 36.5 Å². The summed E-state index contributed by atoms with van der Waals surface area (Å²) in [6.45, 7) is 3.36. The molecule has 5 nitrogen and oxygen atoms in total.